The largest absolute Gasteiger partial charge is 0.384 e. The zero-order valence-corrected chi connectivity index (χ0v) is 11.1. The second-order valence-electron chi connectivity index (χ2n) is 4.08. The van der Waals surface area contributed by atoms with Crippen LogP contribution in [0.2, 0.25) is 0 Å². The van der Waals surface area contributed by atoms with Crippen molar-refractivity contribution >= 4 is 17.3 Å². The Morgan fingerprint density at radius 1 is 1.53 bits per heavy atom. The Morgan fingerprint density at radius 2 is 2.26 bits per heavy atom. The Hall–Kier alpha value is -1.93. The maximum atomic E-state index is 10.8. The van der Waals surface area contributed by atoms with Gasteiger partial charge in [-0.05, 0) is 13.1 Å². The highest BCUT2D eigenvalue weighted by atomic mass is 16.6. The number of pyridine rings is 1. The minimum absolute atomic E-state index is 0.0752. The first-order valence-corrected chi connectivity index (χ1v) is 5.87. The number of likely N-dealkylation sites (N-methyl/N-ethyl adjacent to an activating group) is 1. The molecule has 0 fully saturated rings. The molecule has 1 aromatic heterocycles. The van der Waals surface area contributed by atoms with E-state index in [1.54, 1.807) is 7.11 Å². The maximum Gasteiger partial charge on any atom is 0.311 e. The lowest BCUT2D eigenvalue weighted by atomic mass is 10.3. The third kappa shape index (κ3) is 5.06. The number of nitro groups is 1. The first-order valence-electron chi connectivity index (χ1n) is 5.87. The van der Waals surface area contributed by atoms with Crippen LogP contribution in [0, 0.1) is 10.1 Å². The molecule has 0 spiro atoms. The van der Waals surface area contributed by atoms with E-state index in [9.17, 15) is 10.1 Å². The molecule has 1 aromatic rings. The van der Waals surface area contributed by atoms with Crippen molar-refractivity contribution < 1.29 is 9.66 Å². The highest BCUT2D eigenvalue weighted by Crippen LogP contribution is 2.22. The molecular weight excluding hydrogens is 250 g/mol. The number of nitrogens with two attached hydrogens (primary N) is 1. The molecule has 0 radical (unpaired) electrons. The Kier molecular flexibility index (Phi) is 5.97. The standard InChI is InChI=1S/C11H19N5O3/c1-15(7-8-19-2)6-5-13-11-9(16(17)18)3-4-10(12)14-11/h3-4H,5-8H2,1-2H3,(H3,12,13,14). The number of methoxy groups -OCH3 is 1. The summed E-state index contributed by atoms with van der Waals surface area (Å²) >= 11 is 0. The van der Waals surface area contributed by atoms with Gasteiger partial charge in [0, 0.05) is 32.8 Å². The van der Waals surface area contributed by atoms with Crippen LogP contribution in [0.5, 0.6) is 0 Å². The SMILES string of the molecule is COCCN(C)CCNc1nc(N)ccc1[N+](=O)[O-]. The number of anilines is 2. The second-order valence-corrected chi connectivity index (χ2v) is 4.08. The van der Waals surface area contributed by atoms with Crippen LogP contribution in [-0.4, -0.2) is 55.2 Å². The predicted octanol–water partition coefficient (Wildman–Crippen LogP) is 0.562. The molecule has 3 N–H and O–H groups in total. The van der Waals surface area contributed by atoms with E-state index in [0.717, 1.165) is 13.1 Å². The molecular formula is C11H19N5O3. The van der Waals surface area contributed by atoms with Crippen molar-refractivity contribution in [1.29, 1.82) is 0 Å². The van der Waals surface area contributed by atoms with Crippen LogP contribution in [0.4, 0.5) is 17.3 Å². The van der Waals surface area contributed by atoms with Crippen molar-refractivity contribution in [3.05, 3.63) is 22.2 Å². The third-order valence-electron chi connectivity index (χ3n) is 2.56. The molecule has 0 aliphatic carbocycles. The number of nitrogens with zero attached hydrogens (tertiary/aromatic N) is 3. The third-order valence-corrected chi connectivity index (χ3v) is 2.56. The summed E-state index contributed by atoms with van der Waals surface area (Å²) < 4.78 is 4.96. The molecule has 0 bridgehead atoms. The van der Waals surface area contributed by atoms with E-state index >= 15 is 0 Å². The summed E-state index contributed by atoms with van der Waals surface area (Å²) in [5.74, 6) is 0.450. The minimum atomic E-state index is -0.483. The fourth-order valence-corrected chi connectivity index (χ4v) is 1.47. The molecule has 0 saturated carbocycles. The van der Waals surface area contributed by atoms with Crippen LogP contribution in [0.25, 0.3) is 0 Å². The molecule has 106 valence electrons. The number of hydrogen-bond acceptors (Lipinski definition) is 7. The van der Waals surface area contributed by atoms with Crippen LogP contribution >= 0.6 is 0 Å². The van der Waals surface area contributed by atoms with Gasteiger partial charge in [0.05, 0.1) is 11.5 Å². The number of aromatic nitrogens is 1. The zero-order chi connectivity index (χ0) is 14.3. The summed E-state index contributed by atoms with van der Waals surface area (Å²) in [7, 11) is 3.59. The molecule has 0 aliphatic rings. The zero-order valence-electron chi connectivity index (χ0n) is 11.1. The van der Waals surface area contributed by atoms with E-state index in [-0.39, 0.29) is 17.3 Å². The van der Waals surface area contributed by atoms with Crippen LogP contribution in [0.1, 0.15) is 0 Å². The molecule has 8 heteroatoms. The second kappa shape index (κ2) is 7.49. The first-order chi connectivity index (χ1) is 9.04. The van der Waals surface area contributed by atoms with Gasteiger partial charge in [-0.1, -0.05) is 0 Å². The van der Waals surface area contributed by atoms with Crippen LogP contribution in [0.15, 0.2) is 12.1 Å². The van der Waals surface area contributed by atoms with E-state index in [4.69, 9.17) is 10.5 Å². The van der Waals surface area contributed by atoms with Crippen molar-refractivity contribution in [2.24, 2.45) is 0 Å². The van der Waals surface area contributed by atoms with Crippen LogP contribution in [0.3, 0.4) is 0 Å². The first kappa shape index (κ1) is 15.1. The maximum absolute atomic E-state index is 10.8. The molecule has 0 aromatic carbocycles. The normalized spacial score (nSPS) is 10.7. The Morgan fingerprint density at radius 3 is 2.89 bits per heavy atom. The lowest BCUT2D eigenvalue weighted by molar-refractivity contribution is -0.384. The van der Waals surface area contributed by atoms with E-state index in [1.165, 1.54) is 12.1 Å². The van der Waals surface area contributed by atoms with Gasteiger partial charge in [-0.25, -0.2) is 4.98 Å². The summed E-state index contributed by atoms with van der Waals surface area (Å²) in [6, 6.07) is 2.76. The Bertz CT molecular complexity index is 427. The van der Waals surface area contributed by atoms with Crippen molar-refractivity contribution in [1.82, 2.24) is 9.88 Å². The van der Waals surface area contributed by atoms with Gasteiger partial charge in [0.15, 0.2) is 0 Å². The van der Waals surface area contributed by atoms with Gasteiger partial charge < -0.3 is 20.7 Å². The molecule has 0 unspecified atom stereocenters. The fourth-order valence-electron chi connectivity index (χ4n) is 1.47. The number of rotatable bonds is 8. The van der Waals surface area contributed by atoms with Crippen molar-refractivity contribution in [3.63, 3.8) is 0 Å². The smallest absolute Gasteiger partial charge is 0.311 e. The molecule has 0 atom stereocenters. The summed E-state index contributed by atoms with van der Waals surface area (Å²) in [6.45, 7) is 2.70. The number of ether oxygens (including phenoxy) is 1. The molecule has 8 nitrogen and oxygen atoms in total. The van der Waals surface area contributed by atoms with Gasteiger partial charge in [0.25, 0.3) is 0 Å². The van der Waals surface area contributed by atoms with Crippen molar-refractivity contribution in [3.8, 4) is 0 Å². The number of nitrogens with one attached hydrogen (secondary N) is 1. The van der Waals surface area contributed by atoms with Gasteiger partial charge in [0.2, 0.25) is 5.82 Å². The van der Waals surface area contributed by atoms with Crippen molar-refractivity contribution in [2.45, 2.75) is 0 Å². The van der Waals surface area contributed by atoms with Gasteiger partial charge in [-0.2, -0.15) is 0 Å². The lowest BCUT2D eigenvalue weighted by Crippen LogP contribution is -2.28. The summed E-state index contributed by atoms with van der Waals surface area (Å²) in [6.07, 6.45) is 0. The van der Waals surface area contributed by atoms with Crippen LogP contribution in [-0.2, 0) is 4.74 Å². The van der Waals surface area contributed by atoms with E-state index < -0.39 is 4.92 Å². The van der Waals surface area contributed by atoms with Gasteiger partial charge in [-0.15, -0.1) is 0 Å². The minimum Gasteiger partial charge on any atom is -0.384 e. The van der Waals surface area contributed by atoms with Gasteiger partial charge in [0.1, 0.15) is 5.82 Å². The molecule has 19 heavy (non-hydrogen) atoms. The molecule has 0 saturated heterocycles. The van der Waals surface area contributed by atoms with E-state index in [2.05, 4.69) is 15.2 Å². The highest BCUT2D eigenvalue weighted by molar-refractivity contribution is 5.59. The Balaban J connectivity index is 2.52. The summed E-state index contributed by atoms with van der Waals surface area (Å²) in [4.78, 5) is 16.3. The highest BCUT2D eigenvalue weighted by Gasteiger charge is 2.14. The molecule has 0 amide bonds. The lowest BCUT2D eigenvalue weighted by Gasteiger charge is -2.16. The molecule has 1 rings (SSSR count). The average Bonchev–Trinajstić information content (AvgIpc) is 2.36. The van der Waals surface area contributed by atoms with Gasteiger partial charge >= 0.3 is 5.69 Å². The van der Waals surface area contributed by atoms with Crippen molar-refractivity contribution in [2.75, 3.05) is 51.4 Å². The molecule has 0 aliphatic heterocycles. The molecule has 1 heterocycles. The number of nitrogen functional groups attached to an aromatic ring is 1. The number of hydrogen-bond donors (Lipinski definition) is 2. The van der Waals surface area contributed by atoms with Gasteiger partial charge in [-0.3, -0.25) is 10.1 Å². The predicted molar refractivity (Wildman–Crippen MR) is 73.2 cm³/mol. The Labute approximate surface area is 111 Å². The monoisotopic (exact) mass is 269 g/mol. The fraction of sp³-hybridized carbons (Fsp3) is 0.545. The van der Waals surface area contributed by atoms with Crippen LogP contribution < -0.4 is 11.1 Å². The topological polar surface area (TPSA) is 107 Å². The van der Waals surface area contributed by atoms with E-state index in [1.807, 2.05) is 7.05 Å². The summed E-state index contributed by atoms with van der Waals surface area (Å²) in [5, 5.41) is 13.8. The average molecular weight is 269 g/mol. The van der Waals surface area contributed by atoms with E-state index in [0.29, 0.717) is 13.2 Å². The quantitative estimate of drug-likeness (QED) is 0.524. The summed E-state index contributed by atoms with van der Waals surface area (Å²) in [5.41, 5.74) is 5.45.